The Balaban J connectivity index is 1.85. The van der Waals surface area contributed by atoms with Crippen LogP contribution in [0.1, 0.15) is 19.4 Å². The normalized spacial score (nSPS) is 11.9. The smallest absolute Gasteiger partial charge is 0.196 e. The molecule has 0 aliphatic heterocycles. The molecule has 0 aliphatic rings. The van der Waals surface area contributed by atoms with E-state index in [-0.39, 0.29) is 6.29 Å². The van der Waals surface area contributed by atoms with Gasteiger partial charge in [-0.3, -0.25) is 0 Å². The molecule has 2 aromatic carbocycles. The van der Waals surface area contributed by atoms with Crippen molar-refractivity contribution in [3.63, 3.8) is 0 Å². The third-order valence-corrected chi connectivity index (χ3v) is 2.78. The molecule has 0 radical (unpaired) electrons. The van der Waals surface area contributed by atoms with Crippen LogP contribution in [-0.2, 0) is 11.3 Å². The first-order chi connectivity index (χ1) is 9.78. The van der Waals surface area contributed by atoms with Crippen LogP contribution in [0.5, 0.6) is 11.5 Å². The molecule has 3 heteroatoms. The van der Waals surface area contributed by atoms with Crippen LogP contribution >= 0.6 is 0 Å². The van der Waals surface area contributed by atoms with Gasteiger partial charge in [0.2, 0.25) is 0 Å². The quantitative estimate of drug-likeness (QED) is 0.712. The van der Waals surface area contributed by atoms with E-state index in [0.717, 1.165) is 17.1 Å². The lowest BCUT2D eigenvalue weighted by Crippen LogP contribution is -2.15. The van der Waals surface area contributed by atoms with E-state index in [9.17, 15) is 0 Å². The van der Waals surface area contributed by atoms with Crippen LogP contribution in [0.2, 0.25) is 0 Å². The van der Waals surface area contributed by atoms with Crippen LogP contribution in [-0.4, -0.2) is 12.9 Å². The van der Waals surface area contributed by atoms with E-state index in [1.165, 1.54) is 0 Å². The highest BCUT2D eigenvalue weighted by Gasteiger charge is 2.03. The van der Waals surface area contributed by atoms with Crippen molar-refractivity contribution in [2.75, 3.05) is 6.61 Å². The highest BCUT2D eigenvalue weighted by molar-refractivity contribution is 5.31. The molecule has 0 heterocycles. The fourth-order valence-electron chi connectivity index (χ4n) is 1.82. The first kappa shape index (κ1) is 14.4. The maximum absolute atomic E-state index is 5.71. The fourth-order valence-corrected chi connectivity index (χ4v) is 1.82. The molecule has 106 valence electrons. The lowest BCUT2D eigenvalue weighted by molar-refractivity contribution is -0.0613. The monoisotopic (exact) mass is 272 g/mol. The van der Waals surface area contributed by atoms with Crippen molar-refractivity contribution in [1.82, 2.24) is 0 Å². The minimum Gasteiger partial charge on any atom is -0.489 e. The number of hydrogen-bond donors (Lipinski definition) is 0. The van der Waals surface area contributed by atoms with E-state index in [2.05, 4.69) is 0 Å². The predicted molar refractivity (Wildman–Crippen MR) is 78.9 cm³/mol. The Labute approximate surface area is 120 Å². The summed E-state index contributed by atoms with van der Waals surface area (Å²) in [6.07, 6.45) is -0.240. The van der Waals surface area contributed by atoms with E-state index < -0.39 is 0 Å². The molecule has 0 saturated heterocycles. The first-order valence-electron chi connectivity index (χ1n) is 6.83. The van der Waals surface area contributed by atoms with Crippen molar-refractivity contribution in [2.24, 2.45) is 0 Å². The molecule has 0 spiro atoms. The number of ether oxygens (including phenoxy) is 3. The lowest BCUT2D eigenvalue weighted by Gasteiger charge is -2.14. The summed E-state index contributed by atoms with van der Waals surface area (Å²) in [6.45, 7) is 5.03. The molecule has 3 nitrogen and oxygen atoms in total. The molecular weight excluding hydrogens is 252 g/mol. The van der Waals surface area contributed by atoms with Crippen LogP contribution in [0.4, 0.5) is 0 Å². The zero-order valence-electron chi connectivity index (χ0n) is 11.9. The molecule has 0 fully saturated rings. The SMILES string of the molecule is CCOC(C)Oc1ccc(OCc2ccccc2)cc1. The van der Waals surface area contributed by atoms with Crippen LogP contribution in [0.15, 0.2) is 54.6 Å². The Kier molecular flexibility index (Phi) is 5.44. The topological polar surface area (TPSA) is 27.7 Å². The van der Waals surface area contributed by atoms with Crippen LogP contribution in [0.25, 0.3) is 0 Å². The van der Waals surface area contributed by atoms with Gasteiger partial charge in [0.25, 0.3) is 0 Å². The van der Waals surface area contributed by atoms with Gasteiger partial charge in [-0.25, -0.2) is 0 Å². The molecule has 0 saturated carbocycles. The molecule has 0 amide bonds. The second kappa shape index (κ2) is 7.56. The highest BCUT2D eigenvalue weighted by atomic mass is 16.7. The number of rotatable bonds is 7. The Morgan fingerprint density at radius 1 is 0.900 bits per heavy atom. The van der Waals surface area contributed by atoms with Crippen LogP contribution in [0.3, 0.4) is 0 Å². The second-order valence-electron chi connectivity index (χ2n) is 4.39. The van der Waals surface area contributed by atoms with E-state index in [1.807, 2.05) is 68.4 Å². The van der Waals surface area contributed by atoms with E-state index in [1.54, 1.807) is 0 Å². The maximum atomic E-state index is 5.71. The van der Waals surface area contributed by atoms with Crippen molar-refractivity contribution in [1.29, 1.82) is 0 Å². The maximum Gasteiger partial charge on any atom is 0.196 e. The van der Waals surface area contributed by atoms with Gasteiger partial charge in [0.05, 0.1) is 0 Å². The van der Waals surface area contributed by atoms with Gasteiger partial charge in [-0.15, -0.1) is 0 Å². The third-order valence-electron chi connectivity index (χ3n) is 2.78. The summed E-state index contributed by atoms with van der Waals surface area (Å²) in [5.74, 6) is 1.60. The predicted octanol–water partition coefficient (Wildman–Crippen LogP) is 4.03. The van der Waals surface area contributed by atoms with Gasteiger partial charge in [-0.05, 0) is 43.7 Å². The summed E-state index contributed by atoms with van der Waals surface area (Å²) in [6, 6.07) is 17.7. The largest absolute Gasteiger partial charge is 0.489 e. The number of benzene rings is 2. The van der Waals surface area contributed by atoms with Crippen molar-refractivity contribution in [3.8, 4) is 11.5 Å². The summed E-state index contributed by atoms with van der Waals surface area (Å²) in [5.41, 5.74) is 1.15. The average Bonchev–Trinajstić information content (AvgIpc) is 2.48. The summed E-state index contributed by atoms with van der Waals surface area (Å²) in [5, 5.41) is 0. The zero-order chi connectivity index (χ0) is 14.2. The van der Waals surface area contributed by atoms with Crippen molar-refractivity contribution in [3.05, 3.63) is 60.2 Å². The van der Waals surface area contributed by atoms with E-state index in [4.69, 9.17) is 14.2 Å². The Bertz CT molecular complexity index is 493. The summed E-state index contributed by atoms with van der Waals surface area (Å²) in [4.78, 5) is 0. The molecule has 20 heavy (non-hydrogen) atoms. The summed E-state index contributed by atoms with van der Waals surface area (Å²) >= 11 is 0. The Morgan fingerprint density at radius 2 is 1.55 bits per heavy atom. The fraction of sp³-hybridized carbons (Fsp3) is 0.294. The lowest BCUT2D eigenvalue weighted by atomic mass is 10.2. The third kappa shape index (κ3) is 4.59. The summed E-state index contributed by atoms with van der Waals surface area (Å²) < 4.78 is 16.6. The molecule has 1 unspecified atom stereocenters. The molecule has 0 aromatic heterocycles. The Hall–Kier alpha value is -2.00. The summed E-state index contributed by atoms with van der Waals surface area (Å²) in [7, 11) is 0. The molecular formula is C17H20O3. The molecule has 2 rings (SSSR count). The molecule has 2 aromatic rings. The highest BCUT2D eigenvalue weighted by Crippen LogP contribution is 2.19. The average molecular weight is 272 g/mol. The standard InChI is InChI=1S/C17H20O3/c1-3-18-14(2)20-17-11-9-16(10-12-17)19-13-15-7-5-4-6-8-15/h4-12,14H,3,13H2,1-2H3. The van der Waals surface area contributed by atoms with Crippen molar-refractivity contribution < 1.29 is 14.2 Å². The van der Waals surface area contributed by atoms with Crippen molar-refractivity contribution >= 4 is 0 Å². The minimum atomic E-state index is -0.240. The molecule has 0 aliphatic carbocycles. The van der Waals surface area contributed by atoms with Gasteiger partial charge in [-0.2, -0.15) is 0 Å². The van der Waals surface area contributed by atoms with E-state index in [0.29, 0.717) is 13.2 Å². The van der Waals surface area contributed by atoms with Gasteiger partial charge in [-0.1, -0.05) is 30.3 Å². The van der Waals surface area contributed by atoms with Crippen molar-refractivity contribution in [2.45, 2.75) is 26.7 Å². The molecule has 0 bridgehead atoms. The van der Waals surface area contributed by atoms with Crippen LogP contribution < -0.4 is 9.47 Å². The Morgan fingerprint density at radius 3 is 2.20 bits per heavy atom. The number of hydrogen-bond acceptors (Lipinski definition) is 3. The second-order valence-corrected chi connectivity index (χ2v) is 4.39. The van der Waals surface area contributed by atoms with Gasteiger partial charge in [0.1, 0.15) is 18.1 Å². The van der Waals surface area contributed by atoms with Gasteiger partial charge in [0, 0.05) is 6.61 Å². The van der Waals surface area contributed by atoms with Gasteiger partial charge in [0.15, 0.2) is 6.29 Å². The van der Waals surface area contributed by atoms with Gasteiger partial charge < -0.3 is 14.2 Å². The minimum absolute atomic E-state index is 0.240. The zero-order valence-corrected chi connectivity index (χ0v) is 11.9. The molecule has 0 N–H and O–H groups in total. The van der Waals surface area contributed by atoms with E-state index >= 15 is 0 Å². The van der Waals surface area contributed by atoms with Crippen LogP contribution in [0, 0.1) is 0 Å². The first-order valence-corrected chi connectivity index (χ1v) is 6.83. The molecule has 1 atom stereocenters. The van der Waals surface area contributed by atoms with Gasteiger partial charge >= 0.3 is 0 Å².